The highest BCUT2D eigenvalue weighted by atomic mass is 35.5. The molecule has 1 aromatic heterocycles. The monoisotopic (exact) mass is 461 g/mol. The van der Waals surface area contributed by atoms with Gasteiger partial charge in [-0.3, -0.25) is 9.59 Å². The fourth-order valence-electron chi connectivity index (χ4n) is 4.78. The summed E-state index contributed by atoms with van der Waals surface area (Å²) in [5, 5.41) is 4.89. The number of carbonyl (C=O) groups is 2. The van der Waals surface area contributed by atoms with Crippen LogP contribution in [-0.2, 0) is 12.8 Å². The van der Waals surface area contributed by atoms with E-state index in [4.69, 9.17) is 16.0 Å². The van der Waals surface area contributed by atoms with Crippen LogP contribution in [-0.4, -0.2) is 23.6 Å². The van der Waals surface area contributed by atoms with Gasteiger partial charge in [-0.05, 0) is 62.9 Å². The summed E-state index contributed by atoms with van der Waals surface area (Å²) in [6.45, 7) is 3.94. The summed E-state index contributed by atoms with van der Waals surface area (Å²) < 4.78 is 6.11. The molecule has 2 aromatic carbocycles. The van der Waals surface area contributed by atoms with E-state index in [0.717, 1.165) is 47.5 Å². The first-order chi connectivity index (χ1) is 15.9. The molecule has 1 aliphatic carbocycles. The second kappa shape index (κ2) is 8.52. The molecule has 33 heavy (non-hydrogen) atoms. The van der Waals surface area contributed by atoms with E-state index >= 15 is 0 Å². The third kappa shape index (κ3) is 3.85. The Bertz CT molecular complexity index is 1290. The van der Waals surface area contributed by atoms with Gasteiger partial charge in [-0.1, -0.05) is 35.9 Å². The summed E-state index contributed by atoms with van der Waals surface area (Å²) in [6.07, 6.45) is 3.09. The molecule has 1 atom stereocenters. The summed E-state index contributed by atoms with van der Waals surface area (Å²) in [7, 11) is 0. The number of furan rings is 1. The number of hydrogen-bond donors (Lipinski definition) is 1. The molecule has 0 fully saturated rings. The number of halogens is 1. The normalized spacial score (nSPS) is 18.2. The maximum Gasteiger partial charge on any atom is 0.294 e. The second-order valence-corrected chi connectivity index (χ2v) is 9.01. The lowest BCUT2D eigenvalue weighted by molar-refractivity contribution is 0.0946. The summed E-state index contributed by atoms with van der Waals surface area (Å²) in [6, 6.07) is 14.8. The third-order valence-corrected chi connectivity index (χ3v) is 6.56. The number of anilines is 1. The Balaban J connectivity index is 1.44. The number of nitrogens with zero attached hydrogens (tertiary/aromatic N) is 2. The third-order valence-electron chi connectivity index (χ3n) is 6.33. The molecule has 0 radical (unpaired) electrons. The molecule has 0 saturated heterocycles. The zero-order valence-electron chi connectivity index (χ0n) is 18.5. The maximum atomic E-state index is 13.6. The minimum absolute atomic E-state index is 0.0570. The molecule has 6 nitrogen and oxygen atoms in total. The summed E-state index contributed by atoms with van der Waals surface area (Å²) in [5.41, 5.74) is 7.49. The molecular formula is C26H24ClN3O3. The molecule has 3 aromatic rings. The fourth-order valence-corrected chi connectivity index (χ4v) is 4.97. The predicted molar refractivity (Wildman–Crippen MR) is 128 cm³/mol. The summed E-state index contributed by atoms with van der Waals surface area (Å²) >= 11 is 5.99. The number of benzene rings is 2. The molecule has 1 N–H and O–H groups in total. The van der Waals surface area contributed by atoms with Crippen molar-refractivity contribution in [3.05, 3.63) is 87.3 Å². The zero-order chi connectivity index (χ0) is 23.1. The van der Waals surface area contributed by atoms with Crippen molar-refractivity contribution in [1.82, 2.24) is 5.43 Å². The minimum atomic E-state index is -0.336. The highest BCUT2D eigenvalue weighted by Gasteiger charge is 2.36. The van der Waals surface area contributed by atoms with Crippen molar-refractivity contribution in [3.63, 3.8) is 0 Å². The molecule has 1 aliphatic heterocycles. The van der Waals surface area contributed by atoms with Gasteiger partial charge >= 0.3 is 0 Å². The van der Waals surface area contributed by atoms with Crippen LogP contribution in [0.1, 0.15) is 63.1 Å². The number of fused-ring (bicyclic) bond motifs is 2. The molecule has 5 rings (SSSR count). The lowest BCUT2D eigenvalue weighted by atomic mass is 9.93. The van der Waals surface area contributed by atoms with Crippen LogP contribution >= 0.6 is 11.6 Å². The van der Waals surface area contributed by atoms with E-state index in [1.807, 2.05) is 36.9 Å². The zero-order valence-corrected chi connectivity index (χ0v) is 19.3. The minimum Gasteiger partial charge on any atom is -0.455 e. The number of para-hydroxylation sites is 1. The predicted octanol–water partition coefficient (Wildman–Crippen LogP) is 5.30. The van der Waals surface area contributed by atoms with Crippen LogP contribution in [0.15, 0.2) is 58.0 Å². The molecule has 2 aliphatic rings. The van der Waals surface area contributed by atoms with E-state index in [0.29, 0.717) is 22.8 Å². The Morgan fingerprint density at radius 3 is 2.79 bits per heavy atom. The highest BCUT2D eigenvalue weighted by molar-refractivity contribution is 6.31. The SMILES string of the molecule is Cc1c(C(=O)N2c3ccccc3CC2C)oc2c1/C(=N/NC(=O)c1cccc(Cl)c1)CCC2. The molecule has 0 saturated carbocycles. The topological polar surface area (TPSA) is 74.9 Å². The fraction of sp³-hybridized carbons (Fsp3) is 0.269. The van der Waals surface area contributed by atoms with Crippen molar-refractivity contribution in [3.8, 4) is 0 Å². The largest absolute Gasteiger partial charge is 0.455 e. The van der Waals surface area contributed by atoms with E-state index in [1.54, 1.807) is 24.3 Å². The van der Waals surface area contributed by atoms with Crippen LogP contribution < -0.4 is 10.3 Å². The number of hydrazone groups is 1. The number of nitrogens with one attached hydrogen (secondary N) is 1. The van der Waals surface area contributed by atoms with Crippen LogP contribution in [0.2, 0.25) is 5.02 Å². The first kappa shape index (κ1) is 21.5. The number of amides is 2. The summed E-state index contributed by atoms with van der Waals surface area (Å²) in [5.74, 6) is 0.621. The number of carbonyl (C=O) groups excluding carboxylic acids is 2. The van der Waals surface area contributed by atoms with Gasteiger partial charge in [0.25, 0.3) is 11.8 Å². The number of rotatable bonds is 3. The van der Waals surface area contributed by atoms with Crippen LogP contribution in [0.3, 0.4) is 0 Å². The molecule has 0 spiro atoms. The molecular weight excluding hydrogens is 438 g/mol. The van der Waals surface area contributed by atoms with Crippen LogP contribution in [0.5, 0.6) is 0 Å². The molecule has 2 heterocycles. The van der Waals surface area contributed by atoms with Crippen molar-refractivity contribution < 1.29 is 14.0 Å². The molecule has 168 valence electrons. The highest BCUT2D eigenvalue weighted by Crippen LogP contribution is 2.36. The lowest BCUT2D eigenvalue weighted by Gasteiger charge is -2.21. The van der Waals surface area contributed by atoms with E-state index in [-0.39, 0.29) is 17.9 Å². The number of hydrogen-bond acceptors (Lipinski definition) is 4. The molecule has 7 heteroatoms. The van der Waals surface area contributed by atoms with E-state index in [1.165, 1.54) is 5.56 Å². The van der Waals surface area contributed by atoms with Crippen molar-refractivity contribution in [2.24, 2.45) is 5.10 Å². The van der Waals surface area contributed by atoms with Crippen molar-refractivity contribution >= 4 is 34.8 Å². The Labute approximate surface area is 197 Å². The Hall–Kier alpha value is -3.38. The first-order valence-corrected chi connectivity index (χ1v) is 11.5. The lowest BCUT2D eigenvalue weighted by Crippen LogP contribution is -2.35. The van der Waals surface area contributed by atoms with Crippen LogP contribution in [0.25, 0.3) is 0 Å². The van der Waals surface area contributed by atoms with Gasteiger partial charge < -0.3 is 9.32 Å². The van der Waals surface area contributed by atoms with Gasteiger partial charge in [0.05, 0.1) is 5.71 Å². The van der Waals surface area contributed by atoms with E-state index in [9.17, 15) is 9.59 Å². The Morgan fingerprint density at radius 2 is 1.97 bits per heavy atom. The molecule has 0 bridgehead atoms. The maximum absolute atomic E-state index is 13.6. The van der Waals surface area contributed by atoms with Gasteiger partial charge in [-0.2, -0.15) is 5.10 Å². The van der Waals surface area contributed by atoms with Crippen molar-refractivity contribution in [2.45, 2.75) is 45.6 Å². The first-order valence-electron chi connectivity index (χ1n) is 11.1. The van der Waals surface area contributed by atoms with Gasteiger partial charge in [0, 0.05) is 39.9 Å². The van der Waals surface area contributed by atoms with Crippen molar-refractivity contribution in [2.75, 3.05) is 4.90 Å². The molecule has 1 unspecified atom stereocenters. The second-order valence-electron chi connectivity index (χ2n) is 8.57. The van der Waals surface area contributed by atoms with Crippen LogP contribution in [0, 0.1) is 6.92 Å². The molecule has 2 amide bonds. The van der Waals surface area contributed by atoms with Crippen LogP contribution in [0.4, 0.5) is 5.69 Å². The van der Waals surface area contributed by atoms with Gasteiger partial charge in [0.1, 0.15) is 5.76 Å². The standard InChI is InChI=1S/C26H24ClN3O3/c1-15-13-17-7-3-4-11-21(17)30(15)26(32)24-16(2)23-20(10-6-12-22(23)33-24)28-29-25(31)18-8-5-9-19(27)14-18/h3-5,7-9,11,14-15H,6,10,12-13H2,1-2H3,(H,29,31)/b28-20+. The Kier molecular flexibility index (Phi) is 5.54. The quantitative estimate of drug-likeness (QED) is 0.537. The van der Waals surface area contributed by atoms with Crippen molar-refractivity contribution in [1.29, 1.82) is 0 Å². The van der Waals surface area contributed by atoms with E-state index < -0.39 is 0 Å². The average molecular weight is 462 g/mol. The number of aryl methyl sites for hydroxylation is 1. The van der Waals surface area contributed by atoms with Gasteiger partial charge in [-0.25, -0.2) is 5.43 Å². The van der Waals surface area contributed by atoms with Gasteiger partial charge in [-0.15, -0.1) is 0 Å². The summed E-state index contributed by atoms with van der Waals surface area (Å²) in [4.78, 5) is 27.9. The Morgan fingerprint density at radius 1 is 1.15 bits per heavy atom. The average Bonchev–Trinajstić information content (AvgIpc) is 3.33. The smallest absolute Gasteiger partial charge is 0.294 e. The van der Waals surface area contributed by atoms with Gasteiger partial charge in [0.15, 0.2) is 5.76 Å². The van der Waals surface area contributed by atoms with E-state index in [2.05, 4.69) is 16.6 Å². The van der Waals surface area contributed by atoms with Gasteiger partial charge in [0.2, 0.25) is 0 Å².